The van der Waals surface area contributed by atoms with Crippen LogP contribution in [0, 0.1) is 6.92 Å². The molecular weight excluding hydrogens is 352 g/mol. The molecule has 0 radical (unpaired) electrons. The van der Waals surface area contributed by atoms with E-state index >= 15 is 0 Å². The van der Waals surface area contributed by atoms with Crippen LogP contribution in [-0.4, -0.2) is 18.6 Å². The molecule has 0 spiro atoms. The maximum atomic E-state index is 5.87. The lowest BCUT2D eigenvalue weighted by atomic mass is 10.2. The van der Waals surface area contributed by atoms with Crippen LogP contribution in [0.15, 0.2) is 22.0 Å². The number of benzene rings is 1. The number of hydrogen-bond donors (Lipinski definition) is 1. The molecule has 0 aliphatic rings. The summed E-state index contributed by atoms with van der Waals surface area (Å²) in [6.45, 7) is 6.24. The monoisotopic (exact) mass is 370 g/mol. The Morgan fingerprint density at radius 2 is 2.19 bits per heavy atom. The van der Waals surface area contributed by atoms with E-state index in [-0.39, 0.29) is 0 Å². The number of rotatable bonds is 7. The Labute approximate surface area is 137 Å². The van der Waals surface area contributed by atoms with Gasteiger partial charge in [0.05, 0.1) is 22.3 Å². The first-order chi connectivity index (χ1) is 10.1. The topological polar surface area (TPSA) is 43.4 Å². The third-order valence-corrected chi connectivity index (χ3v) is 4.31. The van der Waals surface area contributed by atoms with Gasteiger partial charge in [0.15, 0.2) is 11.5 Å². The van der Waals surface area contributed by atoms with Crippen molar-refractivity contribution in [2.45, 2.75) is 27.0 Å². The van der Waals surface area contributed by atoms with Crippen molar-refractivity contribution in [2.24, 2.45) is 0 Å². The lowest BCUT2D eigenvalue weighted by molar-refractivity contribution is 0.279. The summed E-state index contributed by atoms with van der Waals surface area (Å²) < 4.78 is 12.2. The van der Waals surface area contributed by atoms with Gasteiger partial charge in [-0.25, -0.2) is 4.98 Å². The van der Waals surface area contributed by atoms with Crippen molar-refractivity contribution in [1.82, 2.24) is 10.3 Å². The molecule has 2 rings (SSSR count). The lowest BCUT2D eigenvalue weighted by Gasteiger charge is -2.14. The summed E-state index contributed by atoms with van der Waals surface area (Å²) in [6.07, 6.45) is 0. The van der Waals surface area contributed by atoms with Crippen LogP contribution in [0.3, 0.4) is 0 Å². The van der Waals surface area contributed by atoms with E-state index < -0.39 is 0 Å². The second-order valence-electron chi connectivity index (χ2n) is 4.54. The fourth-order valence-corrected chi connectivity index (χ4v) is 3.11. The first-order valence-corrected chi connectivity index (χ1v) is 8.42. The Balaban J connectivity index is 2.14. The maximum Gasteiger partial charge on any atom is 0.175 e. The molecule has 1 aromatic carbocycles. The number of halogens is 1. The number of aryl methyl sites for hydroxylation is 1. The van der Waals surface area contributed by atoms with Gasteiger partial charge in [0.2, 0.25) is 0 Å². The largest absolute Gasteiger partial charge is 0.493 e. The van der Waals surface area contributed by atoms with Gasteiger partial charge in [0, 0.05) is 11.9 Å². The van der Waals surface area contributed by atoms with Crippen molar-refractivity contribution in [3.63, 3.8) is 0 Å². The summed E-state index contributed by atoms with van der Waals surface area (Å²) in [5.74, 6) is 1.44. The highest BCUT2D eigenvalue weighted by Crippen LogP contribution is 2.37. The normalized spacial score (nSPS) is 10.7. The number of methoxy groups -OCH3 is 1. The zero-order valence-corrected chi connectivity index (χ0v) is 14.8. The molecule has 4 nitrogen and oxygen atoms in total. The predicted octanol–water partition coefficient (Wildman–Crippen LogP) is 3.91. The minimum Gasteiger partial charge on any atom is -0.493 e. The maximum absolute atomic E-state index is 5.87. The van der Waals surface area contributed by atoms with E-state index in [1.165, 1.54) is 0 Å². The molecule has 1 heterocycles. The van der Waals surface area contributed by atoms with Crippen LogP contribution < -0.4 is 14.8 Å². The third-order valence-electron chi connectivity index (χ3n) is 2.90. The van der Waals surface area contributed by atoms with Gasteiger partial charge in [-0.2, -0.15) is 0 Å². The molecule has 1 N–H and O–H groups in total. The second-order valence-corrected chi connectivity index (χ2v) is 6.45. The fraction of sp³-hybridized carbons (Fsp3) is 0.400. The Hall–Kier alpha value is -1.11. The Morgan fingerprint density at radius 3 is 2.81 bits per heavy atom. The molecule has 0 aliphatic carbocycles. The van der Waals surface area contributed by atoms with Gasteiger partial charge in [0.1, 0.15) is 6.61 Å². The Bertz CT molecular complexity index is 601. The van der Waals surface area contributed by atoms with Crippen LogP contribution >= 0.6 is 27.3 Å². The first-order valence-electron chi connectivity index (χ1n) is 6.75. The minimum atomic E-state index is 0.436. The Morgan fingerprint density at radius 1 is 1.38 bits per heavy atom. The third kappa shape index (κ3) is 4.43. The van der Waals surface area contributed by atoms with E-state index in [9.17, 15) is 0 Å². The van der Waals surface area contributed by atoms with E-state index in [0.29, 0.717) is 12.4 Å². The highest BCUT2D eigenvalue weighted by Gasteiger charge is 2.12. The number of nitrogens with zero attached hydrogens (tertiary/aromatic N) is 1. The number of nitrogens with one attached hydrogen (secondary N) is 1. The lowest BCUT2D eigenvalue weighted by Crippen LogP contribution is -2.12. The van der Waals surface area contributed by atoms with E-state index in [0.717, 1.165) is 39.6 Å². The van der Waals surface area contributed by atoms with E-state index in [1.54, 1.807) is 18.4 Å². The molecule has 0 amide bonds. The summed E-state index contributed by atoms with van der Waals surface area (Å²) in [7, 11) is 1.65. The average molecular weight is 371 g/mol. The molecule has 2 aromatic rings. The molecule has 0 saturated heterocycles. The van der Waals surface area contributed by atoms with Crippen molar-refractivity contribution < 1.29 is 9.47 Å². The molecule has 0 saturated carbocycles. The number of ether oxygens (including phenoxy) is 2. The molecule has 0 atom stereocenters. The molecular formula is C15H19BrN2O2S. The van der Waals surface area contributed by atoms with Gasteiger partial charge in [-0.3, -0.25) is 0 Å². The summed E-state index contributed by atoms with van der Waals surface area (Å²) >= 11 is 5.18. The predicted molar refractivity (Wildman–Crippen MR) is 89.3 cm³/mol. The van der Waals surface area contributed by atoms with Crippen LogP contribution in [0.4, 0.5) is 0 Å². The molecule has 6 heteroatoms. The van der Waals surface area contributed by atoms with E-state index in [2.05, 4.69) is 33.2 Å². The summed E-state index contributed by atoms with van der Waals surface area (Å²) in [4.78, 5) is 4.40. The molecule has 0 aliphatic heterocycles. The molecule has 0 fully saturated rings. The number of hydrogen-bond acceptors (Lipinski definition) is 5. The summed E-state index contributed by atoms with van der Waals surface area (Å²) in [6, 6.07) is 4.04. The zero-order valence-electron chi connectivity index (χ0n) is 12.4. The van der Waals surface area contributed by atoms with Gasteiger partial charge in [-0.1, -0.05) is 6.92 Å². The van der Waals surface area contributed by atoms with E-state index in [1.807, 2.05) is 24.4 Å². The smallest absolute Gasteiger partial charge is 0.175 e. The van der Waals surface area contributed by atoms with Crippen molar-refractivity contribution in [3.05, 3.63) is 38.3 Å². The van der Waals surface area contributed by atoms with Crippen molar-refractivity contribution in [1.29, 1.82) is 0 Å². The van der Waals surface area contributed by atoms with Gasteiger partial charge < -0.3 is 14.8 Å². The van der Waals surface area contributed by atoms with Gasteiger partial charge in [-0.05, 0) is 47.1 Å². The molecule has 21 heavy (non-hydrogen) atoms. The van der Waals surface area contributed by atoms with Gasteiger partial charge in [0.25, 0.3) is 0 Å². The van der Waals surface area contributed by atoms with E-state index in [4.69, 9.17) is 9.47 Å². The van der Waals surface area contributed by atoms with Crippen LogP contribution in [0.25, 0.3) is 0 Å². The summed E-state index contributed by atoms with van der Waals surface area (Å²) in [5.41, 5.74) is 2.08. The highest BCUT2D eigenvalue weighted by molar-refractivity contribution is 9.10. The number of thiazole rings is 1. The standard InChI is InChI=1S/C15H19BrN2O2S/c1-4-17-7-11-5-13(16)15(14(6-11)19-3)20-8-12-9-21-10(2)18-12/h5-6,9,17H,4,7-8H2,1-3H3. The zero-order chi connectivity index (χ0) is 15.2. The molecule has 0 bridgehead atoms. The first kappa shape index (κ1) is 16.3. The molecule has 114 valence electrons. The average Bonchev–Trinajstić information content (AvgIpc) is 2.89. The second kappa shape index (κ2) is 7.77. The fourth-order valence-electron chi connectivity index (χ4n) is 1.91. The van der Waals surface area contributed by atoms with Crippen LogP contribution in [0.1, 0.15) is 23.2 Å². The van der Waals surface area contributed by atoms with Gasteiger partial charge in [-0.15, -0.1) is 11.3 Å². The van der Waals surface area contributed by atoms with Crippen LogP contribution in [-0.2, 0) is 13.2 Å². The Kier molecular flexibility index (Phi) is 6.02. The van der Waals surface area contributed by atoms with Crippen molar-refractivity contribution >= 4 is 27.3 Å². The number of aromatic nitrogens is 1. The van der Waals surface area contributed by atoms with Crippen molar-refractivity contribution in [3.8, 4) is 11.5 Å². The van der Waals surface area contributed by atoms with Crippen molar-refractivity contribution in [2.75, 3.05) is 13.7 Å². The van der Waals surface area contributed by atoms with Gasteiger partial charge >= 0.3 is 0 Å². The minimum absolute atomic E-state index is 0.436. The SMILES string of the molecule is CCNCc1cc(Br)c(OCc2csc(C)n2)c(OC)c1. The summed E-state index contributed by atoms with van der Waals surface area (Å²) in [5, 5.41) is 6.35. The quantitative estimate of drug-likeness (QED) is 0.802. The molecule has 1 aromatic heterocycles. The van der Waals surface area contributed by atoms with Crippen LogP contribution in [0.2, 0.25) is 0 Å². The molecule has 0 unspecified atom stereocenters. The van der Waals surface area contributed by atoms with Crippen LogP contribution in [0.5, 0.6) is 11.5 Å². The highest BCUT2D eigenvalue weighted by atomic mass is 79.9.